The molecule has 4 rings (SSSR count). The van der Waals surface area contributed by atoms with Gasteiger partial charge in [0.2, 0.25) is 5.91 Å². The number of piperidine rings is 1. The van der Waals surface area contributed by atoms with Gasteiger partial charge in [-0.1, -0.05) is 72.8 Å². The molecule has 156 valence electrons. The monoisotopic (exact) mass is 410 g/mol. The fourth-order valence-corrected chi connectivity index (χ4v) is 3.83. The summed E-state index contributed by atoms with van der Waals surface area (Å²) in [6, 6.07) is 27.8. The van der Waals surface area contributed by atoms with E-state index in [-0.39, 0.29) is 17.9 Å². The summed E-state index contributed by atoms with van der Waals surface area (Å²) in [6.45, 7) is 1.29. The van der Waals surface area contributed by atoms with Gasteiger partial charge in [0.15, 0.2) is 0 Å². The Balaban J connectivity index is 1.28. The maximum atomic E-state index is 12.9. The van der Waals surface area contributed by atoms with E-state index in [4.69, 9.17) is 0 Å². The van der Waals surface area contributed by atoms with Crippen LogP contribution in [0.25, 0.3) is 17.2 Å². The van der Waals surface area contributed by atoms with Crippen molar-refractivity contribution < 1.29 is 9.59 Å². The molecule has 0 saturated carbocycles. The summed E-state index contributed by atoms with van der Waals surface area (Å²) in [5.74, 6) is -0.0431. The molecule has 0 spiro atoms. The van der Waals surface area contributed by atoms with Crippen LogP contribution >= 0.6 is 0 Å². The number of amides is 2. The molecule has 0 radical (unpaired) electrons. The molecule has 3 aromatic carbocycles. The van der Waals surface area contributed by atoms with Gasteiger partial charge < -0.3 is 10.2 Å². The second-order valence-electron chi connectivity index (χ2n) is 7.76. The van der Waals surface area contributed by atoms with E-state index >= 15 is 0 Å². The highest BCUT2D eigenvalue weighted by atomic mass is 16.2. The Morgan fingerprint density at radius 2 is 1.35 bits per heavy atom. The van der Waals surface area contributed by atoms with Crippen molar-refractivity contribution in [2.45, 2.75) is 18.9 Å². The average Bonchev–Trinajstić information content (AvgIpc) is 2.84. The van der Waals surface area contributed by atoms with Gasteiger partial charge >= 0.3 is 0 Å². The van der Waals surface area contributed by atoms with Gasteiger partial charge in [-0.15, -0.1) is 0 Å². The average molecular weight is 411 g/mol. The molecular weight excluding hydrogens is 384 g/mol. The van der Waals surface area contributed by atoms with Crippen LogP contribution in [0.2, 0.25) is 0 Å². The molecule has 0 atom stereocenters. The molecule has 31 heavy (non-hydrogen) atoms. The Labute approximate surface area is 183 Å². The highest BCUT2D eigenvalue weighted by molar-refractivity contribution is 5.95. The topological polar surface area (TPSA) is 49.4 Å². The summed E-state index contributed by atoms with van der Waals surface area (Å²) < 4.78 is 0. The highest BCUT2D eigenvalue weighted by Crippen LogP contribution is 2.21. The number of carbonyl (C=O) groups is 2. The van der Waals surface area contributed by atoms with Crippen molar-refractivity contribution in [3.8, 4) is 11.1 Å². The molecule has 1 heterocycles. The summed E-state index contributed by atoms with van der Waals surface area (Å²) in [4.78, 5) is 26.9. The number of nitrogens with one attached hydrogen (secondary N) is 1. The molecule has 0 bridgehead atoms. The van der Waals surface area contributed by atoms with E-state index in [1.54, 1.807) is 6.08 Å². The minimum Gasteiger partial charge on any atom is -0.350 e. The van der Waals surface area contributed by atoms with E-state index < -0.39 is 0 Å². The summed E-state index contributed by atoms with van der Waals surface area (Å²) >= 11 is 0. The first-order valence-corrected chi connectivity index (χ1v) is 10.7. The first-order chi connectivity index (χ1) is 15.2. The van der Waals surface area contributed by atoms with Gasteiger partial charge in [-0.2, -0.15) is 0 Å². The predicted octanol–water partition coefficient (Wildman–Crippen LogP) is 4.79. The molecular formula is C27H26N2O2. The molecule has 1 aliphatic rings. The Morgan fingerprint density at radius 1 is 0.774 bits per heavy atom. The number of nitrogens with zero attached hydrogens (tertiary/aromatic N) is 1. The lowest BCUT2D eigenvalue weighted by atomic mass is 10.0. The summed E-state index contributed by atoms with van der Waals surface area (Å²) in [6.07, 6.45) is 4.91. The van der Waals surface area contributed by atoms with Crippen LogP contribution in [0, 0.1) is 0 Å². The molecule has 0 aliphatic carbocycles. The van der Waals surface area contributed by atoms with E-state index in [0.29, 0.717) is 18.7 Å². The van der Waals surface area contributed by atoms with Gasteiger partial charge in [0.25, 0.3) is 5.91 Å². The number of benzene rings is 3. The first kappa shape index (κ1) is 20.6. The zero-order valence-electron chi connectivity index (χ0n) is 17.4. The van der Waals surface area contributed by atoms with Crippen molar-refractivity contribution >= 4 is 17.9 Å². The zero-order valence-corrected chi connectivity index (χ0v) is 17.4. The molecule has 2 amide bonds. The quantitative estimate of drug-likeness (QED) is 0.615. The van der Waals surface area contributed by atoms with Crippen LogP contribution in [0.1, 0.15) is 28.8 Å². The van der Waals surface area contributed by atoms with E-state index in [0.717, 1.165) is 29.5 Å². The second-order valence-corrected chi connectivity index (χ2v) is 7.76. The summed E-state index contributed by atoms with van der Waals surface area (Å²) in [5.41, 5.74) is 3.94. The molecule has 3 aromatic rings. The highest BCUT2D eigenvalue weighted by Gasteiger charge is 2.24. The Morgan fingerprint density at radius 3 is 2.00 bits per heavy atom. The zero-order chi connectivity index (χ0) is 21.5. The van der Waals surface area contributed by atoms with E-state index in [2.05, 4.69) is 17.4 Å². The number of hydrogen-bond donors (Lipinski definition) is 1. The van der Waals surface area contributed by atoms with Crippen molar-refractivity contribution in [2.24, 2.45) is 0 Å². The largest absolute Gasteiger partial charge is 0.350 e. The molecule has 0 unspecified atom stereocenters. The van der Waals surface area contributed by atoms with Crippen LogP contribution < -0.4 is 5.32 Å². The van der Waals surface area contributed by atoms with Crippen LogP contribution in [0.4, 0.5) is 0 Å². The Kier molecular flexibility index (Phi) is 6.58. The van der Waals surface area contributed by atoms with Crippen LogP contribution in [0.3, 0.4) is 0 Å². The third-order valence-corrected chi connectivity index (χ3v) is 5.59. The van der Waals surface area contributed by atoms with Gasteiger partial charge in [0.05, 0.1) is 0 Å². The lowest BCUT2D eigenvalue weighted by Gasteiger charge is -2.32. The molecule has 1 fully saturated rings. The predicted molar refractivity (Wildman–Crippen MR) is 124 cm³/mol. The summed E-state index contributed by atoms with van der Waals surface area (Å²) in [5, 5.41) is 3.05. The first-order valence-electron chi connectivity index (χ1n) is 10.7. The van der Waals surface area contributed by atoms with Gasteiger partial charge in [-0.3, -0.25) is 9.59 Å². The summed E-state index contributed by atoms with van der Waals surface area (Å²) in [7, 11) is 0. The van der Waals surface area contributed by atoms with Crippen LogP contribution in [0.15, 0.2) is 91.0 Å². The Hall–Kier alpha value is -3.66. The molecule has 1 saturated heterocycles. The fraction of sp³-hybridized carbons (Fsp3) is 0.185. The van der Waals surface area contributed by atoms with Crippen LogP contribution in [-0.2, 0) is 4.79 Å². The molecule has 1 aliphatic heterocycles. The van der Waals surface area contributed by atoms with Gasteiger partial charge in [-0.25, -0.2) is 0 Å². The second kappa shape index (κ2) is 9.90. The third kappa shape index (κ3) is 5.48. The van der Waals surface area contributed by atoms with E-state index in [9.17, 15) is 9.59 Å². The van der Waals surface area contributed by atoms with E-state index in [1.165, 1.54) is 0 Å². The maximum absolute atomic E-state index is 12.9. The lowest BCUT2D eigenvalue weighted by molar-refractivity contribution is -0.117. The number of likely N-dealkylation sites (tertiary alicyclic amines) is 1. The van der Waals surface area contributed by atoms with Gasteiger partial charge in [-0.05, 0) is 47.7 Å². The third-order valence-electron chi connectivity index (χ3n) is 5.59. The maximum Gasteiger partial charge on any atom is 0.253 e. The minimum absolute atomic E-state index is 0.0494. The SMILES string of the molecule is O=C(/C=C/c1ccccc1)NC1CCN(C(=O)c2ccc(-c3ccccc3)cc2)CC1. The van der Waals surface area contributed by atoms with Crippen molar-refractivity contribution in [3.05, 3.63) is 102 Å². The van der Waals surface area contributed by atoms with Crippen molar-refractivity contribution in [2.75, 3.05) is 13.1 Å². The van der Waals surface area contributed by atoms with Gasteiger partial charge in [0, 0.05) is 30.8 Å². The van der Waals surface area contributed by atoms with Crippen LogP contribution in [-0.4, -0.2) is 35.8 Å². The van der Waals surface area contributed by atoms with Crippen molar-refractivity contribution in [3.63, 3.8) is 0 Å². The minimum atomic E-state index is -0.0925. The molecule has 4 nitrogen and oxygen atoms in total. The number of rotatable bonds is 5. The molecule has 4 heteroatoms. The fourth-order valence-electron chi connectivity index (χ4n) is 3.83. The normalized spacial score (nSPS) is 14.5. The van der Waals surface area contributed by atoms with E-state index in [1.807, 2.05) is 83.8 Å². The molecule has 0 aromatic heterocycles. The smallest absolute Gasteiger partial charge is 0.253 e. The van der Waals surface area contributed by atoms with Crippen molar-refractivity contribution in [1.29, 1.82) is 0 Å². The molecule has 1 N–H and O–H groups in total. The van der Waals surface area contributed by atoms with Crippen LogP contribution in [0.5, 0.6) is 0 Å². The number of carbonyl (C=O) groups excluding carboxylic acids is 2. The van der Waals surface area contributed by atoms with Crippen molar-refractivity contribution in [1.82, 2.24) is 10.2 Å². The number of hydrogen-bond acceptors (Lipinski definition) is 2. The lowest BCUT2D eigenvalue weighted by Crippen LogP contribution is -2.46. The standard InChI is InChI=1S/C27H26N2O2/c30-26(16-11-21-7-3-1-4-8-21)28-25-17-19-29(20-18-25)27(31)24-14-12-23(13-15-24)22-9-5-2-6-10-22/h1-16,25H,17-20H2,(H,28,30)/b16-11+. The Bertz CT molecular complexity index is 1040. The van der Waals surface area contributed by atoms with Gasteiger partial charge in [0.1, 0.15) is 0 Å².